The molecule has 2 aromatic carbocycles. The van der Waals surface area contributed by atoms with E-state index in [-0.39, 0.29) is 35.5 Å². The van der Waals surface area contributed by atoms with Crippen molar-refractivity contribution in [1.82, 2.24) is 4.90 Å². The van der Waals surface area contributed by atoms with Crippen molar-refractivity contribution in [2.75, 3.05) is 13.1 Å². The Morgan fingerprint density at radius 1 is 1.06 bits per heavy atom. The summed E-state index contributed by atoms with van der Waals surface area (Å²) in [6.07, 6.45) is -5.52. The summed E-state index contributed by atoms with van der Waals surface area (Å²) in [7, 11) is 0. The molecule has 0 unspecified atom stereocenters. The van der Waals surface area contributed by atoms with Crippen LogP contribution in [0.3, 0.4) is 0 Å². The number of carbonyl (C=O) groups is 2. The number of halogens is 3. The minimum Gasteiger partial charge on any atom is -0.487 e. The van der Waals surface area contributed by atoms with Crippen LogP contribution in [0.5, 0.6) is 5.75 Å². The van der Waals surface area contributed by atoms with Crippen LogP contribution >= 0.6 is 0 Å². The van der Waals surface area contributed by atoms with Gasteiger partial charge in [-0.25, -0.2) is 9.59 Å². The lowest BCUT2D eigenvalue weighted by atomic mass is 9.97. The number of hydrogen-bond acceptors (Lipinski definition) is 4. The van der Waals surface area contributed by atoms with Crippen LogP contribution in [0, 0.1) is 0 Å². The van der Waals surface area contributed by atoms with Crippen LogP contribution in [0.1, 0.15) is 36.7 Å². The van der Waals surface area contributed by atoms with Gasteiger partial charge in [-0.05, 0) is 56.2 Å². The first-order valence-electron chi connectivity index (χ1n) is 9.53. The molecule has 0 aromatic heterocycles. The van der Waals surface area contributed by atoms with Crippen molar-refractivity contribution in [1.29, 1.82) is 0 Å². The van der Waals surface area contributed by atoms with Gasteiger partial charge in [0.1, 0.15) is 17.5 Å². The van der Waals surface area contributed by atoms with Crippen molar-refractivity contribution in [2.45, 2.75) is 38.7 Å². The fourth-order valence-electron chi connectivity index (χ4n) is 3.11. The Balaban J connectivity index is 1.82. The maximum absolute atomic E-state index is 13.4. The molecule has 0 spiro atoms. The summed E-state index contributed by atoms with van der Waals surface area (Å²) < 4.78 is 51.2. The van der Waals surface area contributed by atoms with Crippen molar-refractivity contribution in [2.24, 2.45) is 0 Å². The van der Waals surface area contributed by atoms with E-state index in [1.807, 2.05) is 0 Å². The lowest BCUT2D eigenvalue weighted by molar-refractivity contribution is -0.137. The molecule has 0 atom stereocenters. The molecule has 1 aliphatic heterocycles. The van der Waals surface area contributed by atoms with Gasteiger partial charge in [0.2, 0.25) is 0 Å². The fraction of sp³-hybridized carbons (Fsp3) is 0.364. The average molecular weight is 437 g/mol. The fourth-order valence-corrected chi connectivity index (χ4v) is 3.11. The third-order valence-corrected chi connectivity index (χ3v) is 4.50. The van der Waals surface area contributed by atoms with E-state index < -0.39 is 35.5 Å². The number of aromatic carboxylic acids is 1. The predicted molar refractivity (Wildman–Crippen MR) is 106 cm³/mol. The molecule has 0 radical (unpaired) electrons. The van der Waals surface area contributed by atoms with E-state index in [2.05, 4.69) is 0 Å². The number of ether oxygens (including phenoxy) is 2. The van der Waals surface area contributed by atoms with Crippen LogP contribution in [0.25, 0.3) is 11.1 Å². The SMILES string of the molecule is CC(C)(C)OC(=O)N1CC(Oc2cc(C(=O)O)cc(-c3ccccc3C(F)(F)F)c2)C1. The molecule has 1 N–H and O–H groups in total. The molecule has 2 aromatic rings. The van der Waals surface area contributed by atoms with Gasteiger partial charge < -0.3 is 19.5 Å². The number of rotatable bonds is 4. The molecule has 1 fully saturated rings. The minimum absolute atomic E-state index is 0.0751. The lowest BCUT2D eigenvalue weighted by Gasteiger charge is -2.39. The molecule has 1 aliphatic rings. The zero-order valence-corrected chi connectivity index (χ0v) is 17.2. The maximum Gasteiger partial charge on any atom is 0.417 e. The third kappa shape index (κ3) is 5.48. The summed E-state index contributed by atoms with van der Waals surface area (Å²) in [5.74, 6) is -1.18. The highest BCUT2D eigenvalue weighted by Gasteiger charge is 2.36. The van der Waals surface area contributed by atoms with E-state index in [1.165, 1.54) is 41.3 Å². The Morgan fingerprint density at radius 3 is 2.29 bits per heavy atom. The van der Waals surface area contributed by atoms with Crippen LogP contribution < -0.4 is 4.74 Å². The molecule has 3 rings (SSSR count). The van der Waals surface area contributed by atoms with Crippen molar-refractivity contribution >= 4 is 12.1 Å². The standard InChI is InChI=1S/C22H22F3NO5/c1-21(2,3)31-20(29)26-11-16(12-26)30-15-9-13(8-14(10-15)19(27)28)17-6-4-5-7-18(17)22(23,24)25/h4-10,16H,11-12H2,1-3H3,(H,27,28). The second kappa shape index (κ2) is 8.13. The number of likely N-dealkylation sites (tertiary alicyclic amines) is 1. The van der Waals surface area contributed by atoms with Crippen LogP contribution in [0.2, 0.25) is 0 Å². The van der Waals surface area contributed by atoms with E-state index in [9.17, 15) is 27.9 Å². The number of nitrogens with zero attached hydrogens (tertiary/aromatic N) is 1. The van der Waals surface area contributed by atoms with Crippen LogP contribution in [0.4, 0.5) is 18.0 Å². The van der Waals surface area contributed by atoms with E-state index in [0.29, 0.717) is 0 Å². The summed E-state index contributed by atoms with van der Waals surface area (Å²) in [6.45, 7) is 5.69. The predicted octanol–water partition coefficient (Wildman–Crippen LogP) is 5.07. The first kappa shape index (κ1) is 22.5. The number of benzene rings is 2. The molecule has 1 saturated heterocycles. The van der Waals surface area contributed by atoms with Crippen LogP contribution in [-0.2, 0) is 10.9 Å². The van der Waals surface area contributed by atoms with Gasteiger partial charge in [0, 0.05) is 0 Å². The molecular formula is C22H22F3NO5. The molecule has 1 amide bonds. The monoisotopic (exact) mass is 437 g/mol. The number of carboxylic acids is 1. The summed E-state index contributed by atoms with van der Waals surface area (Å²) in [5.41, 5.74) is -1.78. The molecule has 1 heterocycles. The lowest BCUT2D eigenvalue weighted by Crippen LogP contribution is -2.57. The Kier molecular flexibility index (Phi) is 5.89. The number of hydrogen-bond donors (Lipinski definition) is 1. The summed E-state index contributed by atoms with van der Waals surface area (Å²) in [5, 5.41) is 9.39. The number of carbonyl (C=O) groups excluding carboxylic acids is 1. The Bertz CT molecular complexity index is 991. The third-order valence-electron chi connectivity index (χ3n) is 4.50. The zero-order chi connectivity index (χ0) is 23.0. The van der Waals surface area contributed by atoms with Crippen molar-refractivity contribution in [3.63, 3.8) is 0 Å². The Labute approximate surface area is 177 Å². The quantitative estimate of drug-likeness (QED) is 0.723. The van der Waals surface area contributed by atoms with Crippen molar-refractivity contribution < 1.29 is 37.3 Å². The number of carboxylic acid groups (broad SMARTS) is 1. The van der Waals surface area contributed by atoms with Gasteiger partial charge in [0.15, 0.2) is 0 Å². The van der Waals surface area contributed by atoms with E-state index in [1.54, 1.807) is 20.8 Å². The van der Waals surface area contributed by atoms with E-state index in [0.717, 1.165) is 6.07 Å². The Hall–Kier alpha value is -3.23. The molecule has 9 heteroatoms. The highest BCUT2D eigenvalue weighted by molar-refractivity contribution is 5.90. The molecule has 31 heavy (non-hydrogen) atoms. The largest absolute Gasteiger partial charge is 0.487 e. The molecule has 0 aliphatic carbocycles. The smallest absolute Gasteiger partial charge is 0.417 e. The van der Waals surface area contributed by atoms with Crippen molar-refractivity contribution in [3.05, 3.63) is 53.6 Å². The van der Waals surface area contributed by atoms with Gasteiger partial charge in [-0.2, -0.15) is 13.2 Å². The van der Waals surface area contributed by atoms with Crippen LogP contribution in [0.15, 0.2) is 42.5 Å². The normalized spacial score (nSPS) is 14.7. The summed E-state index contributed by atoms with van der Waals surface area (Å²) >= 11 is 0. The van der Waals surface area contributed by atoms with Gasteiger partial charge in [-0.3, -0.25) is 0 Å². The zero-order valence-electron chi connectivity index (χ0n) is 17.2. The van der Waals surface area contributed by atoms with Gasteiger partial charge in [-0.1, -0.05) is 18.2 Å². The summed E-state index contributed by atoms with van der Waals surface area (Å²) in [6, 6.07) is 8.72. The number of alkyl halides is 3. The second-order valence-electron chi connectivity index (χ2n) is 8.22. The average Bonchev–Trinajstić information content (AvgIpc) is 2.61. The van der Waals surface area contributed by atoms with E-state index in [4.69, 9.17) is 9.47 Å². The molecule has 166 valence electrons. The highest BCUT2D eigenvalue weighted by atomic mass is 19.4. The van der Waals surface area contributed by atoms with Crippen LogP contribution in [-0.4, -0.2) is 46.9 Å². The number of amides is 1. The van der Waals surface area contributed by atoms with E-state index >= 15 is 0 Å². The van der Waals surface area contributed by atoms with Gasteiger partial charge in [-0.15, -0.1) is 0 Å². The van der Waals surface area contributed by atoms with Gasteiger partial charge in [0.25, 0.3) is 0 Å². The Morgan fingerprint density at radius 2 is 1.71 bits per heavy atom. The topological polar surface area (TPSA) is 76.1 Å². The minimum atomic E-state index is -4.60. The first-order chi connectivity index (χ1) is 14.3. The van der Waals surface area contributed by atoms with Gasteiger partial charge in [0.05, 0.1) is 24.2 Å². The second-order valence-corrected chi connectivity index (χ2v) is 8.22. The maximum atomic E-state index is 13.4. The summed E-state index contributed by atoms with van der Waals surface area (Å²) in [4.78, 5) is 25.0. The first-order valence-corrected chi connectivity index (χ1v) is 9.53. The molecule has 0 bridgehead atoms. The van der Waals surface area contributed by atoms with Crippen molar-refractivity contribution in [3.8, 4) is 16.9 Å². The molecule has 0 saturated carbocycles. The molecule has 6 nitrogen and oxygen atoms in total. The highest BCUT2D eigenvalue weighted by Crippen LogP contribution is 2.38. The molecular weight excluding hydrogens is 415 g/mol. The van der Waals surface area contributed by atoms with Gasteiger partial charge >= 0.3 is 18.2 Å².